The summed E-state index contributed by atoms with van der Waals surface area (Å²) < 4.78 is 5.40. The van der Waals surface area contributed by atoms with Gasteiger partial charge >= 0.3 is 0 Å². The molecule has 1 unspecified atom stereocenters. The van der Waals surface area contributed by atoms with Crippen LogP contribution in [0.1, 0.15) is 18.4 Å². The fourth-order valence-corrected chi connectivity index (χ4v) is 4.26. The first-order chi connectivity index (χ1) is 14.5. The molecule has 2 aliphatic heterocycles. The van der Waals surface area contributed by atoms with Gasteiger partial charge in [0.2, 0.25) is 0 Å². The van der Waals surface area contributed by atoms with Crippen molar-refractivity contribution < 1.29 is 19.4 Å². The summed E-state index contributed by atoms with van der Waals surface area (Å²) in [5, 5.41) is 10.2. The van der Waals surface area contributed by atoms with Gasteiger partial charge in [0, 0.05) is 24.7 Å². The molecule has 1 atom stereocenters. The number of anilines is 1. The second-order valence-corrected chi connectivity index (χ2v) is 7.92. The molecule has 0 aromatic heterocycles. The number of carbonyl (C=O) groups is 2. The smallest absolute Gasteiger partial charge is 0.282 e. The number of hydrogen-bond donors (Lipinski definition) is 1. The van der Waals surface area contributed by atoms with Crippen molar-refractivity contribution in [1.82, 2.24) is 4.90 Å². The number of rotatable bonds is 5. The van der Waals surface area contributed by atoms with Gasteiger partial charge in [-0.15, -0.1) is 0 Å². The first-order valence-corrected chi connectivity index (χ1v) is 10.3. The van der Waals surface area contributed by atoms with Crippen LogP contribution >= 0.6 is 11.6 Å². The highest BCUT2D eigenvalue weighted by Crippen LogP contribution is 2.39. The van der Waals surface area contributed by atoms with Crippen molar-refractivity contribution in [3.05, 3.63) is 64.8 Å². The molecule has 0 spiro atoms. The van der Waals surface area contributed by atoms with E-state index in [9.17, 15) is 14.7 Å². The highest BCUT2D eigenvalue weighted by molar-refractivity contribution is 6.45. The standard InChI is InChI=1S/C23H23ClN2O4/c1-30-19-7-3-2-6-18(19)26-22(28)20(16-8-10-17(24)11-9-16)21(23(26)29)25-12-4-5-15(13-25)14-27/h2-3,6-11,15,27H,4-5,12-14H2,1H3. The zero-order valence-corrected chi connectivity index (χ0v) is 17.4. The number of likely N-dealkylation sites (tertiary alicyclic amines) is 1. The molecule has 2 heterocycles. The molecule has 0 aliphatic carbocycles. The monoisotopic (exact) mass is 426 g/mol. The Morgan fingerprint density at radius 2 is 1.83 bits per heavy atom. The quantitative estimate of drug-likeness (QED) is 0.742. The van der Waals surface area contributed by atoms with Crippen molar-refractivity contribution >= 4 is 34.7 Å². The molecule has 0 saturated carbocycles. The van der Waals surface area contributed by atoms with E-state index < -0.39 is 5.91 Å². The minimum atomic E-state index is -0.395. The van der Waals surface area contributed by atoms with Crippen LogP contribution in [-0.2, 0) is 9.59 Å². The lowest BCUT2D eigenvalue weighted by molar-refractivity contribution is -0.120. The second-order valence-electron chi connectivity index (χ2n) is 7.48. The van der Waals surface area contributed by atoms with Crippen LogP contribution in [0.3, 0.4) is 0 Å². The molecule has 30 heavy (non-hydrogen) atoms. The average Bonchev–Trinajstić information content (AvgIpc) is 3.04. The Kier molecular flexibility index (Phi) is 5.79. The van der Waals surface area contributed by atoms with Gasteiger partial charge in [0.15, 0.2) is 0 Å². The highest BCUT2D eigenvalue weighted by Gasteiger charge is 2.44. The van der Waals surface area contributed by atoms with E-state index in [1.54, 1.807) is 48.5 Å². The van der Waals surface area contributed by atoms with Crippen LogP contribution in [0.5, 0.6) is 5.75 Å². The Morgan fingerprint density at radius 3 is 2.53 bits per heavy atom. The summed E-state index contributed by atoms with van der Waals surface area (Å²) in [6, 6.07) is 13.9. The van der Waals surface area contributed by atoms with Crippen molar-refractivity contribution in [2.45, 2.75) is 12.8 Å². The van der Waals surface area contributed by atoms with Crippen LogP contribution in [0, 0.1) is 5.92 Å². The van der Waals surface area contributed by atoms with Crippen LogP contribution in [0.2, 0.25) is 5.02 Å². The number of nitrogens with zero attached hydrogens (tertiary/aromatic N) is 2. The van der Waals surface area contributed by atoms with Crippen LogP contribution in [0.25, 0.3) is 5.57 Å². The topological polar surface area (TPSA) is 70.1 Å². The number of benzene rings is 2. The van der Waals surface area contributed by atoms with E-state index in [2.05, 4.69) is 0 Å². The molecular formula is C23H23ClN2O4. The van der Waals surface area contributed by atoms with E-state index in [0.717, 1.165) is 12.8 Å². The molecule has 1 saturated heterocycles. The third kappa shape index (κ3) is 3.57. The molecular weight excluding hydrogens is 404 g/mol. The van der Waals surface area contributed by atoms with E-state index in [4.69, 9.17) is 16.3 Å². The molecule has 2 aliphatic rings. The number of amides is 2. The number of aliphatic hydroxyl groups is 1. The molecule has 2 aromatic carbocycles. The van der Waals surface area contributed by atoms with Crippen LogP contribution in [0.4, 0.5) is 5.69 Å². The van der Waals surface area contributed by atoms with E-state index in [0.29, 0.717) is 46.4 Å². The van der Waals surface area contributed by atoms with Crippen LogP contribution in [0.15, 0.2) is 54.2 Å². The molecule has 7 heteroatoms. The van der Waals surface area contributed by atoms with Crippen molar-refractivity contribution in [3.63, 3.8) is 0 Å². The molecule has 4 rings (SSSR count). The second kappa shape index (κ2) is 8.50. The third-order valence-corrected chi connectivity index (χ3v) is 5.86. The SMILES string of the molecule is COc1ccccc1N1C(=O)C(c2ccc(Cl)cc2)=C(N2CCCC(CO)C2)C1=O. The maximum Gasteiger partial charge on any atom is 0.282 e. The van der Waals surface area contributed by atoms with E-state index in [-0.39, 0.29) is 18.4 Å². The average molecular weight is 427 g/mol. The van der Waals surface area contributed by atoms with Crippen molar-refractivity contribution in [2.75, 3.05) is 31.7 Å². The van der Waals surface area contributed by atoms with Crippen molar-refractivity contribution in [2.24, 2.45) is 5.92 Å². The highest BCUT2D eigenvalue weighted by atomic mass is 35.5. The molecule has 0 bridgehead atoms. The number of aliphatic hydroxyl groups excluding tert-OH is 1. The lowest BCUT2D eigenvalue weighted by Crippen LogP contribution is -2.40. The van der Waals surface area contributed by atoms with E-state index in [1.165, 1.54) is 12.0 Å². The van der Waals surface area contributed by atoms with Gasteiger partial charge in [-0.1, -0.05) is 35.9 Å². The van der Waals surface area contributed by atoms with Crippen molar-refractivity contribution in [1.29, 1.82) is 0 Å². The minimum absolute atomic E-state index is 0.0540. The van der Waals surface area contributed by atoms with Crippen LogP contribution < -0.4 is 9.64 Å². The van der Waals surface area contributed by atoms with Gasteiger partial charge in [0.05, 0.1) is 18.4 Å². The van der Waals surface area contributed by atoms with Gasteiger partial charge in [-0.05, 0) is 48.6 Å². The molecule has 2 aromatic rings. The number of imide groups is 1. The summed E-state index contributed by atoms with van der Waals surface area (Å²) in [4.78, 5) is 30.3. The Morgan fingerprint density at radius 1 is 1.10 bits per heavy atom. The molecule has 0 radical (unpaired) electrons. The summed E-state index contributed by atoms with van der Waals surface area (Å²) >= 11 is 6.04. The molecule has 6 nitrogen and oxygen atoms in total. The largest absolute Gasteiger partial charge is 0.495 e. The minimum Gasteiger partial charge on any atom is -0.495 e. The number of para-hydroxylation sites is 2. The molecule has 1 N–H and O–H groups in total. The summed E-state index contributed by atoms with van der Waals surface area (Å²) in [6.07, 6.45) is 1.74. The van der Waals surface area contributed by atoms with E-state index in [1.807, 2.05) is 4.90 Å². The molecule has 1 fully saturated rings. The molecule has 2 amide bonds. The number of piperidine rings is 1. The lowest BCUT2D eigenvalue weighted by atomic mass is 9.97. The van der Waals surface area contributed by atoms with E-state index >= 15 is 0 Å². The first kappa shape index (κ1) is 20.4. The lowest BCUT2D eigenvalue weighted by Gasteiger charge is -2.34. The van der Waals surface area contributed by atoms with Crippen molar-refractivity contribution in [3.8, 4) is 5.75 Å². The van der Waals surface area contributed by atoms with Gasteiger partial charge in [-0.25, -0.2) is 4.90 Å². The molecule has 156 valence electrons. The van der Waals surface area contributed by atoms with Gasteiger partial charge < -0.3 is 14.7 Å². The summed E-state index contributed by atoms with van der Waals surface area (Å²) in [5.41, 5.74) is 1.76. The predicted molar refractivity (Wildman–Crippen MR) is 115 cm³/mol. The van der Waals surface area contributed by atoms with Crippen LogP contribution in [-0.4, -0.2) is 48.6 Å². The number of methoxy groups -OCH3 is 1. The number of ether oxygens (including phenoxy) is 1. The Balaban J connectivity index is 1.83. The summed E-state index contributed by atoms with van der Waals surface area (Å²) in [5.74, 6) is -0.260. The number of carbonyl (C=O) groups excluding carboxylic acids is 2. The van der Waals surface area contributed by atoms with Gasteiger partial charge in [-0.3, -0.25) is 9.59 Å². The van der Waals surface area contributed by atoms with Gasteiger partial charge in [0.1, 0.15) is 11.4 Å². The fraction of sp³-hybridized carbons (Fsp3) is 0.304. The zero-order chi connectivity index (χ0) is 21.3. The number of halogens is 1. The maximum atomic E-state index is 13.6. The zero-order valence-electron chi connectivity index (χ0n) is 16.7. The van der Waals surface area contributed by atoms with Gasteiger partial charge in [0.25, 0.3) is 11.8 Å². The Bertz CT molecular complexity index is 1000. The maximum absolute atomic E-state index is 13.6. The number of hydrogen-bond acceptors (Lipinski definition) is 5. The fourth-order valence-electron chi connectivity index (χ4n) is 4.14. The first-order valence-electron chi connectivity index (χ1n) is 9.93. The summed E-state index contributed by atoms with van der Waals surface area (Å²) in [6.45, 7) is 1.24. The predicted octanol–water partition coefficient (Wildman–Crippen LogP) is 3.34. The van der Waals surface area contributed by atoms with Gasteiger partial charge in [-0.2, -0.15) is 0 Å². The summed E-state index contributed by atoms with van der Waals surface area (Å²) in [7, 11) is 1.51. The Hall–Kier alpha value is -2.83. The Labute approximate surface area is 180 Å². The third-order valence-electron chi connectivity index (χ3n) is 5.61. The normalized spacial score (nSPS) is 19.6.